The SMILES string of the molecule is CC(C)n1ncnc1C(CCCc1cccs1)NN. The van der Waals surface area contributed by atoms with Crippen molar-refractivity contribution in [1.29, 1.82) is 0 Å². The van der Waals surface area contributed by atoms with E-state index >= 15 is 0 Å². The number of nitrogens with one attached hydrogen (secondary N) is 1. The van der Waals surface area contributed by atoms with Gasteiger partial charge in [-0.2, -0.15) is 5.10 Å². The Hall–Kier alpha value is -1.24. The van der Waals surface area contributed by atoms with Crippen molar-refractivity contribution in [3.63, 3.8) is 0 Å². The van der Waals surface area contributed by atoms with Crippen LogP contribution < -0.4 is 11.3 Å². The van der Waals surface area contributed by atoms with E-state index in [1.54, 1.807) is 17.7 Å². The second-order valence-corrected chi connectivity index (χ2v) is 5.88. The van der Waals surface area contributed by atoms with Gasteiger partial charge in [0.15, 0.2) is 0 Å². The monoisotopic (exact) mass is 279 g/mol. The number of hydrazine groups is 1. The van der Waals surface area contributed by atoms with Gasteiger partial charge >= 0.3 is 0 Å². The van der Waals surface area contributed by atoms with Gasteiger partial charge in [-0.1, -0.05) is 6.07 Å². The van der Waals surface area contributed by atoms with E-state index in [4.69, 9.17) is 5.84 Å². The van der Waals surface area contributed by atoms with Crippen LogP contribution in [0.3, 0.4) is 0 Å². The van der Waals surface area contributed by atoms with Gasteiger partial charge in [0.25, 0.3) is 0 Å². The van der Waals surface area contributed by atoms with Gasteiger partial charge in [0.05, 0.1) is 6.04 Å². The third kappa shape index (κ3) is 3.62. The Morgan fingerprint density at radius 2 is 2.32 bits per heavy atom. The number of aromatic nitrogens is 3. The van der Waals surface area contributed by atoms with Crippen molar-refractivity contribution in [3.05, 3.63) is 34.5 Å². The maximum absolute atomic E-state index is 5.66. The highest BCUT2D eigenvalue weighted by Gasteiger charge is 2.17. The smallest absolute Gasteiger partial charge is 0.145 e. The molecule has 1 unspecified atom stereocenters. The zero-order valence-electron chi connectivity index (χ0n) is 11.4. The molecule has 0 spiro atoms. The number of rotatable bonds is 7. The Morgan fingerprint density at radius 1 is 1.47 bits per heavy atom. The molecule has 0 saturated heterocycles. The first kappa shape index (κ1) is 14.2. The molecule has 0 amide bonds. The topological polar surface area (TPSA) is 68.8 Å². The van der Waals surface area contributed by atoms with Crippen LogP contribution in [0.5, 0.6) is 0 Å². The zero-order valence-corrected chi connectivity index (χ0v) is 12.2. The summed E-state index contributed by atoms with van der Waals surface area (Å²) in [6, 6.07) is 4.62. The number of nitrogens with zero attached hydrogens (tertiary/aromatic N) is 3. The molecule has 0 aliphatic carbocycles. The minimum Gasteiger partial charge on any atom is -0.271 e. The quantitative estimate of drug-likeness (QED) is 0.603. The third-order valence-electron chi connectivity index (χ3n) is 3.10. The lowest BCUT2D eigenvalue weighted by molar-refractivity contribution is 0.418. The number of hydrogen-bond donors (Lipinski definition) is 2. The Bertz CT molecular complexity index is 477. The highest BCUT2D eigenvalue weighted by molar-refractivity contribution is 7.09. The fourth-order valence-electron chi connectivity index (χ4n) is 2.13. The largest absolute Gasteiger partial charge is 0.271 e. The first-order valence-electron chi connectivity index (χ1n) is 6.60. The zero-order chi connectivity index (χ0) is 13.7. The van der Waals surface area contributed by atoms with Crippen LogP contribution in [-0.2, 0) is 6.42 Å². The molecule has 6 heteroatoms. The summed E-state index contributed by atoms with van der Waals surface area (Å²) >= 11 is 1.80. The van der Waals surface area contributed by atoms with E-state index in [0.29, 0.717) is 6.04 Å². The van der Waals surface area contributed by atoms with Crippen LogP contribution in [0.4, 0.5) is 0 Å². The van der Waals surface area contributed by atoms with Gasteiger partial charge in [0.2, 0.25) is 0 Å². The third-order valence-corrected chi connectivity index (χ3v) is 4.04. The number of aryl methyl sites for hydroxylation is 1. The minimum atomic E-state index is 0.0601. The summed E-state index contributed by atoms with van der Waals surface area (Å²) in [5.41, 5.74) is 2.86. The molecule has 1 atom stereocenters. The first-order chi connectivity index (χ1) is 9.22. The predicted octanol–water partition coefficient (Wildman–Crippen LogP) is 2.45. The van der Waals surface area contributed by atoms with Crippen LogP contribution in [0, 0.1) is 0 Å². The van der Waals surface area contributed by atoms with Crippen LogP contribution in [0.2, 0.25) is 0 Å². The van der Waals surface area contributed by atoms with E-state index in [1.807, 2.05) is 4.68 Å². The molecule has 0 bridgehead atoms. The van der Waals surface area contributed by atoms with E-state index < -0.39 is 0 Å². The van der Waals surface area contributed by atoms with Crippen molar-refractivity contribution in [3.8, 4) is 0 Å². The van der Waals surface area contributed by atoms with E-state index in [-0.39, 0.29) is 6.04 Å². The van der Waals surface area contributed by atoms with Crippen LogP contribution in [0.25, 0.3) is 0 Å². The molecule has 0 aromatic carbocycles. The summed E-state index contributed by atoms with van der Waals surface area (Å²) in [5.74, 6) is 6.58. The molecule has 5 nitrogen and oxygen atoms in total. The Kier molecular flexibility index (Phi) is 5.07. The van der Waals surface area contributed by atoms with Gasteiger partial charge in [0.1, 0.15) is 12.2 Å². The Balaban J connectivity index is 1.94. The maximum Gasteiger partial charge on any atom is 0.145 e. The van der Waals surface area contributed by atoms with E-state index in [1.165, 1.54) is 4.88 Å². The first-order valence-corrected chi connectivity index (χ1v) is 7.48. The molecule has 2 heterocycles. The molecule has 104 valence electrons. The van der Waals surface area contributed by atoms with E-state index in [0.717, 1.165) is 25.1 Å². The van der Waals surface area contributed by atoms with Gasteiger partial charge < -0.3 is 0 Å². The molecule has 0 fully saturated rings. The summed E-state index contributed by atoms with van der Waals surface area (Å²) in [4.78, 5) is 5.75. The fraction of sp³-hybridized carbons (Fsp3) is 0.538. The average Bonchev–Trinajstić information content (AvgIpc) is 3.05. The normalized spacial score (nSPS) is 13.1. The lowest BCUT2D eigenvalue weighted by Crippen LogP contribution is -2.31. The van der Waals surface area contributed by atoms with Crippen molar-refractivity contribution >= 4 is 11.3 Å². The average molecular weight is 279 g/mol. The van der Waals surface area contributed by atoms with Crippen LogP contribution >= 0.6 is 11.3 Å². The summed E-state index contributed by atoms with van der Waals surface area (Å²) < 4.78 is 1.93. The summed E-state index contributed by atoms with van der Waals surface area (Å²) in [6.45, 7) is 4.19. The Morgan fingerprint density at radius 3 is 2.95 bits per heavy atom. The highest BCUT2D eigenvalue weighted by Crippen LogP contribution is 2.20. The summed E-state index contributed by atoms with van der Waals surface area (Å²) in [6.07, 6.45) is 4.73. The lowest BCUT2D eigenvalue weighted by Gasteiger charge is -2.17. The lowest BCUT2D eigenvalue weighted by atomic mass is 10.1. The van der Waals surface area contributed by atoms with Crippen molar-refractivity contribution in [1.82, 2.24) is 20.2 Å². The molecule has 2 rings (SSSR count). The Labute approximate surface area is 117 Å². The van der Waals surface area contributed by atoms with Crippen LogP contribution in [0.15, 0.2) is 23.8 Å². The predicted molar refractivity (Wildman–Crippen MR) is 77.7 cm³/mol. The number of hydrogen-bond acceptors (Lipinski definition) is 5. The van der Waals surface area contributed by atoms with Crippen LogP contribution in [0.1, 0.15) is 49.5 Å². The standard InChI is InChI=1S/C13H21N5S/c1-10(2)18-13(15-9-16-18)12(17-14)7-3-5-11-6-4-8-19-11/h4,6,8-10,12,17H,3,5,7,14H2,1-2H3. The van der Waals surface area contributed by atoms with Gasteiger partial charge in [-0.25, -0.2) is 15.1 Å². The van der Waals surface area contributed by atoms with Gasteiger partial charge in [-0.15, -0.1) is 11.3 Å². The summed E-state index contributed by atoms with van der Waals surface area (Å²) in [5, 5.41) is 6.37. The molecule has 19 heavy (non-hydrogen) atoms. The van der Waals surface area contributed by atoms with Gasteiger partial charge in [-0.3, -0.25) is 5.84 Å². The molecule has 2 aromatic rings. The second-order valence-electron chi connectivity index (χ2n) is 4.85. The number of nitrogens with two attached hydrogens (primary N) is 1. The summed E-state index contributed by atoms with van der Waals surface area (Å²) in [7, 11) is 0. The molecule has 2 aromatic heterocycles. The molecule has 0 saturated carbocycles. The van der Waals surface area contributed by atoms with E-state index in [9.17, 15) is 0 Å². The van der Waals surface area contributed by atoms with Crippen molar-refractivity contribution in [2.45, 2.75) is 45.2 Å². The van der Waals surface area contributed by atoms with Crippen molar-refractivity contribution in [2.24, 2.45) is 5.84 Å². The molecular weight excluding hydrogens is 258 g/mol. The number of thiophene rings is 1. The van der Waals surface area contributed by atoms with Gasteiger partial charge in [-0.05, 0) is 44.6 Å². The molecule has 0 aliphatic heterocycles. The molecular formula is C13H21N5S. The molecule has 0 aliphatic rings. The van der Waals surface area contributed by atoms with Crippen molar-refractivity contribution < 1.29 is 0 Å². The highest BCUT2D eigenvalue weighted by atomic mass is 32.1. The minimum absolute atomic E-state index is 0.0601. The molecule has 0 radical (unpaired) electrons. The van der Waals surface area contributed by atoms with Gasteiger partial charge in [0, 0.05) is 10.9 Å². The maximum atomic E-state index is 5.66. The van der Waals surface area contributed by atoms with Crippen LogP contribution in [-0.4, -0.2) is 14.8 Å². The molecule has 3 N–H and O–H groups in total. The second kappa shape index (κ2) is 6.79. The fourth-order valence-corrected chi connectivity index (χ4v) is 2.88. The van der Waals surface area contributed by atoms with E-state index in [2.05, 4.69) is 46.9 Å². The van der Waals surface area contributed by atoms with Crippen molar-refractivity contribution in [2.75, 3.05) is 0 Å².